The van der Waals surface area contributed by atoms with E-state index in [1.807, 2.05) is 0 Å². The summed E-state index contributed by atoms with van der Waals surface area (Å²) in [6.07, 6.45) is 3.82. The molecule has 1 fully saturated rings. The molecule has 1 aliphatic carbocycles. The van der Waals surface area contributed by atoms with Crippen molar-refractivity contribution >= 4 is 43.1 Å². The van der Waals surface area contributed by atoms with Gasteiger partial charge in [-0.3, -0.25) is 0 Å². The van der Waals surface area contributed by atoms with Crippen LogP contribution in [0.5, 0.6) is 0 Å². The van der Waals surface area contributed by atoms with E-state index >= 15 is 0 Å². The Morgan fingerprint density at radius 2 is 0.788 bits per heavy atom. The molecule has 7 rings (SSSR count). The van der Waals surface area contributed by atoms with Gasteiger partial charge in [-0.05, 0) is 103 Å². The van der Waals surface area contributed by atoms with Crippen LogP contribution in [-0.2, 0) is 0 Å². The molecule has 1 saturated carbocycles. The second kappa shape index (κ2) is 7.46. The highest BCUT2D eigenvalue weighted by Crippen LogP contribution is 2.49. The van der Waals surface area contributed by atoms with E-state index in [1.54, 1.807) is 0 Å². The Kier molecular flexibility index (Phi) is 4.27. The fraction of sp³-hybridized carbons (Fsp3) is 0.152. The minimum atomic E-state index is 0.562. The number of benzene rings is 6. The van der Waals surface area contributed by atoms with E-state index in [0.717, 1.165) is 0 Å². The summed E-state index contributed by atoms with van der Waals surface area (Å²) in [6.45, 7) is 0. The van der Waals surface area contributed by atoms with E-state index in [2.05, 4.69) is 109 Å². The van der Waals surface area contributed by atoms with Gasteiger partial charge in [-0.2, -0.15) is 0 Å². The second-order valence-corrected chi connectivity index (χ2v) is 9.68. The molecule has 0 aromatic heterocycles. The molecule has 6 aromatic rings. The van der Waals surface area contributed by atoms with Gasteiger partial charge in [-0.15, -0.1) is 0 Å². The van der Waals surface area contributed by atoms with E-state index in [-0.39, 0.29) is 0 Å². The first-order valence-electron chi connectivity index (χ1n) is 12.2. The Hall–Kier alpha value is -3.64. The number of hydrogen-bond acceptors (Lipinski definition) is 0. The summed E-state index contributed by atoms with van der Waals surface area (Å²) in [4.78, 5) is 0. The molecule has 1 aliphatic rings. The molecule has 33 heavy (non-hydrogen) atoms. The van der Waals surface area contributed by atoms with Gasteiger partial charge in [0.05, 0.1) is 0 Å². The van der Waals surface area contributed by atoms with Crippen LogP contribution in [0.2, 0.25) is 0 Å². The summed E-state index contributed by atoms with van der Waals surface area (Å²) >= 11 is 0. The van der Waals surface area contributed by atoms with Gasteiger partial charge in [0.15, 0.2) is 0 Å². The minimum Gasteiger partial charge on any atom is -0.0616 e. The van der Waals surface area contributed by atoms with Gasteiger partial charge in [0, 0.05) is 0 Å². The number of hydrogen-bond donors (Lipinski definition) is 0. The SMILES string of the molecule is c1ccc2cc3c(C4CCCC4c4cccc5cc6ccccc6cc45)cccc3cc2c1. The largest absolute Gasteiger partial charge is 0.0616 e. The van der Waals surface area contributed by atoms with Gasteiger partial charge in [0.2, 0.25) is 0 Å². The summed E-state index contributed by atoms with van der Waals surface area (Å²) in [5.41, 5.74) is 3.05. The maximum absolute atomic E-state index is 2.42. The van der Waals surface area contributed by atoms with Gasteiger partial charge in [-0.1, -0.05) is 91.3 Å². The molecule has 0 heteroatoms. The molecule has 0 aliphatic heterocycles. The summed E-state index contributed by atoms with van der Waals surface area (Å²) < 4.78 is 0. The fourth-order valence-corrected chi connectivity index (χ4v) is 6.33. The number of rotatable bonds is 2. The Balaban J connectivity index is 1.41. The molecule has 0 nitrogen and oxygen atoms in total. The highest BCUT2D eigenvalue weighted by Gasteiger charge is 2.31. The lowest BCUT2D eigenvalue weighted by atomic mass is 9.80. The summed E-state index contributed by atoms with van der Waals surface area (Å²) in [6, 6.07) is 40.9. The molecule has 6 aromatic carbocycles. The Labute approximate surface area is 194 Å². The van der Waals surface area contributed by atoms with Crippen LogP contribution in [0.3, 0.4) is 0 Å². The van der Waals surface area contributed by atoms with Crippen molar-refractivity contribution in [1.82, 2.24) is 0 Å². The molecule has 2 atom stereocenters. The third-order valence-electron chi connectivity index (χ3n) is 7.88. The van der Waals surface area contributed by atoms with Crippen molar-refractivity contribution in [3.63, 3.8) is 0 Å². The van der Waals surface area contributed by atoms with Crippen LogP contribution in [0.1, 0.15) is 42.2 Å². The van der Waals surface area contributed by atoms with Crippen LogP contribution in [0.4, 0.5) is 0 Å². The molecule has 0 heterocycles. The van der Waals surface area contributed by atoms with Gasteiger partial charge in [0.1, 0.15) is 0 Å². The predicted molar refractivity (Wildman–Crippen MR) is 142 cm³/mol. The molecule has 0 saturated heterocycles. The zero-order valence-corrected chi connectivity index (χ0v) is 18.7. The molecule has 0 radical (unpaired) electrons. The van der Waals surface area contributed by atoms with Crippen molar-refractivity contribution in [2.45, 2.75) is 31.1 Å². The molecule has 0 spiro atoms. The van der Waals surface area contributed by atoms with Crippen LogP contribution >= 0.6 is 0 Å². The van der Waals surface area contributed by atoms with Crippen molar-refractivity contribution < 1.29 is 0 Å². The lowest BCUT2D eigenvalue weighted by molar-refractivity contribution is 0.632. The molecule has 0 amide bonds. The quantitative estimate of drug-likeness (QED) is 0.244. The average Bonchev–Trinajstić information content (AvgIpc) is 3.35. The van der Waals surface area contributed by atoms with E-state index in [4.69, 9.17) is 0 Å². The van der Waals surface area contributed by atoms with E-state index in [9.17, 15) is 0 Å². The fourth-order valence-electron chi connectivity index (χ4n) is 6.33. The zero-order valence-electron chi connectivity index (χ0n) is 18.7. The zero-order chi connectivity index (χ0) is 21.8. The molecule has 158 valence electrons. The summed E-state index contributed by atoms with van der Waals surface area (Å²) in [5.74, 6) is 1.12. The van der Waals surface area contributed by atoms with Crippen LogP contribution in [0.15, 0.2) is 109 Å². The minimum absolute atomic E-state index is 0.562. The molecule has 2 unspecified atom stereocenters. The summed E-state index contributed by atoms with van der Waals surface area (Å²) in [7, 11) is 0. The second-order valence-electron chi connectivity index (χ2n) is 9.68. The standard InChI is InChI=1S/C33H26/c1-3-10-24-20-32-26(18-22(24)8-1)12-5-14-30(32)28-16-7-17-29(28)31-15-6-13-27-19-23-9-2-4-11-25(23)21-33(27)31/h1-6,8-15,18-21,28-29H,7,16-17H2. The Morgan fingerprint density at radius 1 is 0.394 bits per heavy atom. The maximum atomic E-state index is 2.42. The maximum Gasteiger partial charge on any atom is -0.00867 e. The number of fused-ring (bicyclic) bond motifs is 4. The van der Waals surface area contributed by atoms with Gasteiger partial charge in [-0.25, -0.2) is 0 Å². The van der Waals surface area contributed by atoms with Crippen molar-refractivity contribution in [2.24, 2.45) is 0 Å². The Bertz CT molecular complexity index is 1530. The van der Waals surface area contributed by atoms with Crippen molar-refractivity contribution in [2.75, 3.05) is 0 Å². The third kappa shape index (κ3) is 3.05. The predicted octanol–water partition coefficient (Wildman–Crippen LogP) is 9.35. The monoisotopic (exact) mass is 422 g/mol. The van der Waals surface area contributed by atoms with Crippen molar-refractivity contribution in [3.05, 3.63) is 120 Å². The van der Waals surface area contributed by atoms with Crippen molar-refractivity contribution in [1.29, 1.82) is 0 Å². The van der Waals surface area contributed by atoms with Crippen LogP contribution < -0.4 is 0 Å². The van der Waals surface area contributed by atoms with E-state index in [0.29, 0.717) is 11.8 Å². The van der Waals surface area contributed by atoms with Crippen LogP contribution in [0, 0.1) is 0 Å². The van der Waals surface area contributed by atoms with Crippen molar-refractivity contribution in [3.8, 4) is 0 Å². The van der Waals surface area contributed by atoms with Gasteiger partial charge in [0.25, 0.3) is 0 Å². The third-order valence-corrected chi connectivity index (χ3v) is 7.88. The van der Waals surface area contributed by atoms with Gasteiger partial charge < -0.3 is 0 Å². The first-order chi connectivity index (χ1) is 16.3. The molecular weight excluding hydrogens is 396 g/mol. The van der Waals surface area contributed by atoms with Crippen LogP contribution in [0.25, 0.3) is 43.1 Å². The topological polar surface area (TPSA) is 0 Å². The molecular formula is C33H26. The normalized spacial score (nSPS) is 18.5. The van der Waals surface area contributed by atoms with E-state index in [1.165, 1.54) is 73.5 Å². The highest BCUT2D eigenvalue weighted by molar-refractivity contribution is 6.01. The average molecular weight is 423 g/mol. The highest BCUT2D eigenvalue weighted by atomic mass is 14.4. The lowest BCUT2D eigenvalue weighted by Gasteiger charge is -2.24. The van der Waals surface area contributed by atoms with Crippen LogP contribution in [-0.4, -0.2) is 0 Å². The van der Waals surface area contributed by atoms with Gasteiger partial charge >= 0.3 is 0 Å². The smallest absolute Gasteiger partial charge is 0.00867 e. The van der Waals surface area contributed by atoms with E-state index < -0.39 is 0 Å². The first-order valence-corrected chi connectivity index (χ1v) is 12.2. The molecule has 0 bridgehead atoms. The Morgan fingerprint density at radius 3 is 1.24 bits per heavy atom. The first kappa shape index (κ1) is 18.9. The lowest BCUT2D eigenvalue weighted by Crippen LogP contribution is -2.06. The molecule has 0 N–H and O–H groups in total. The summed E-state index contributed by atoms with van der Waals surface area (Å²) in [5, 5.41) is 10.9.